The number of halogens is 3. The zero-order valence-corrected chi connectivity index (χ0v) is 12.8. The van der Waals surface area contributed by atoms with Crippen molar-refractivity contribution in [3.05, 3.63) is 18.0 Å². The Morgan fingerprint density at radius 3 is 2.55 bits per heavy atom. The number of sulfonamides is 1. The normalized spacial score (nSPS) is 18.4. The third-order valence-corrected chi connectivity index (χ3v) is 5.37. The second-order valence-corrected chi connectivity index (χ2v) is 7.24. The van der Waals surface area contributed by atoms with E-state index in [9.17, 15) is 21.6 Å². The Morgan fingerprint density at radius 1 is 1.36 bits per heavy atom. The third-order valence-electron chi connectivity index (χ3n) is 3.49. The standard InChI is InChI=1S/C12H17F3N4O2S/c1-2-22(20,21)19-7-4-9(5-8-19)17-11-16-6-3-10(18-11)12(13,14)15/h3,6,9H,2,4-5,7-8H2,1H3,(H,16,17,18). The molecule has 1 saturated heterocycles. The number of aromatic nitrogens is 2. The van der Waals surface area contributed by atoms with Crippen molar-refractivity contribution in [3.8, 4) is 0 Å². The number of alkyl halides is 3. The van der Waals surface area contributed by atoms with Crippen LogP contribution in [0.4, 0.5) is 19.1 Å². The molecule has 0 radical (unpaired) electrons. The largest absolute Gasteiger partial charge is 0.433 e. The molecule has 2 heterocycles. The molecule has 0 aromatic carbocycles. The number of piperidine rings is 1. The second kappa shape index (κ2) is 6.37. The molecule has 0 atom stereocenters. The lowest BCUT2D eigenvalue weighted by Gasteiger charge is -2.31. The zero-order valence-electron chi connectivity index (χ0n) is 12.0. The number of hydrogen-bond acceptors (Lipinski definition) is 5. The molecule has 1 aromatic heterocycles. The highest BCUT2D eigenvalue weighted by atomic mass is 32.2. The van der Waals surface area contributed by atoms with E-state index < -0.39 is 21.9 Å². The molecular weight excluding hydrogens is 321 g/mol. The molecule has 0 aliphatic carbocycles. The van der Waals surface area contributed by atoms with E-state index in [1.54, 1.807) is 6.92 Å². The van der Waals surface area contributed by atoms with E-state index >= 15 is 0 Å². The van der Waals surface area contributed by atoms with Crippen LogP contribution in [-0.2, 0) is 16.2 Å². The molecule has 10 heteroatoms. The molecule has 6 nitrogen and oxygen atoms in total. The molecule has 124 valence electrons. The van der Waals surface area contributed by atoms with Crippen molar-refractivity contribution >= 4 is 16.0 Å². The summed E-state index contributed by atoms with van der Waals surface area (Å²) in [4.78, 5) is 7.22. The minimum absolute atomic E-state index is 0.0435. The van der Waals surface area contributed by atoms with Gasteiger partial charge in [0.2, 0.25) is 16.0 Å². The van der Waals surface area contributed by atoms with E-state index in [0.29, 0.717) is 25.9 Å². The van der Waals surface area contributed by atoms with E-state index in [2.05, 4.69) is 15.3 Å². The first-order valence-electron chi connectivity index (χ1n) is 6.87. The van der Waals surface area contributed by atoms with Crippen molar-refractivity contribution in [1.29, 1.82) is 0 Å². The van der Waals surface area contributed by atoms with E-state index in [-0.39, 0.29) is 17.7 Å². The second-order valence-electron chi connectivity index (χ2n) is 4.98. The van der Waals surface area contributed by atoms with Gasteiger partial charge in [-0.1, -0.05) is 0 Å². The van der Waals surface area contributed by atoms with Gasteiger partial charge in [-0.25, -0.2) is 22.7 Å². The summed E-state index contributed by atoms with van der Waals surface area (Å²) in [6.07, 6.45) is -2.47. The van der Waals surface area contributed by atoms with Gasteiger partial charge in [-0.15, -0.1) is 0 Å². The Hall–Kier alpha value is -1.42. The summed E-state index contributed by atoms with van der Waals surface area (Å²) >= 11 is 0. The van der Waals surface area contributed by atoms with Crippen LogP contribution in [0.2, 0.25) is 0 Å². The van der Waals surface area contributed by atoms with Crippen molar-refractivity contribution in [2.75, 3.05) is 24.2 Å². The molecule has 0 amide bonds. The average Bonchev–Trinajstić information content (AvgIpc) is 2.47. The van der Waals surface area contributed by atoms with Gasteiger partial charge >= 0.3 is 6.18 Å². The van der Waals surface area contributed by atoms with E-state index in [1.165, 1.54) is 4.31 Å². The van der Waals surface area contributed by atoms with Gasteiger partial charge in [0.1, 0.15) is 5.69 Å². The van der Waals surface area contributed by atoms with Crippen LogP contribution in [0.15, 0.2) is 12.3 Å². The molecule has 22 heavy (non-hydrogen) atoms. The van der Waals surface area contributed by atoms with Crippen LogP contribution in [0.1, 0.15) is 25.5 Å². The quantitative estimate of drug-likeness (QED) is 0.905. The lowest BCUT2D eigenvalue weighted by atomic mass is 10.1. The summed E-state index contributed by atoms with van der Waals surface area (Å²) in [6, 6.07) is 0.661. The molecule has 1 fully saturated rings. The van der Waals surface area contributed by atoms with Gasteiger partial charge in [-0.3, -0.25) is 0 Å². The number of anilines is 1. The Labute approximate surface area is 126 Å². The lowest BCUT2D eigenvalue weighted by molar-refractivity contribution is -0.141. The van der Waals surface area contributed by atoms with E-state index in [4.69, 9.17) is 0 Å². The van der Waals surface area contributed by atoms with Crippen LogP contribution in [0, 0.1) is 0 Å². The predicted molar refractivity (Wildman–Crippen MR) is 74.7 cm³/mol. The fourth-order valence-electron chi connectivity index (χ4n) is 2.23. The Bertz CT molecular complexity index is 613. The van der Waals surface area contributed by atoms with Crippen molar-refractivity contribution in [3.63, 3.8) is 0 Å². The Morgan fingerprint density at radius 2 is 2.00 bits per heavy atom. The number of hydrogen-bond donors (Lipinski definition) is 1. The summed E-state index contributed by atoms with van der Waals surface area (Å²) in [5.41, 5.74) is -1.00. The molecule has 2 rings (SSSR count). The van der Waals surface area contributed by atoms with Gasteiger partial charge in [-0.05, 0) is 25.8 Å². The van der Waals surface area contributed by atoms with Crippen molar-refractivity contribution < 1.29 is 21.6 Å². The first kappa shape index (κ1) is 16.9. The van der Waals surface area contributed by atoms with Crippen LogP contribution in [0.5, 0.6) is 0 Å². The highest BCUT2D eigenvalue weighted by molar-refractivity contribution is 7.89. The first-order chi connectivity index (χ1) is 10.2. The summed E-state index contributed by atoms with van der Waals surface area (Å²) in [5, 5.41) is 2.84. The molecule has 1 N–H and O–H groups in total. The molecule has 0 bridgehead atoms. The first-order valence-corrected chi connectivity index (χ1v) is 8.48. The number of nitrogens with one attached hydrogen (secondary N) is 1. The summed E-state index contributed by atoms with van der Waals surface area (Å²) in [5.74, 6) is -0.0476. The Kier molecular flexibility index (Phi) is 4.90. The van der Waals surface area contributed by atoms with Gasteiger partial charge in [0.15, 0.2) is 0 Å². The highest BCUT2D eigenvalue weighted by Crippen LogP contribution is 2.28. The monoisotopic (exact) mass is 338 g/mol. The maximum atomic E-state index is 12.6. The maximum absolute atomic E-state index is 12.6. The van der Waals surface area contributed by atoms with Gasteiger partial charge in [0, 0.05) is 25.3 Å². The fourth-order valence-corrected chi connectivity index (χ4v) is 3.36. The van der Waals surface area contributed by atoms with Gasteiger partial charge < -0.3 is 5.32 Å². The summed E-state index contributed by atoms with van der Waals surface area (Å²) in [6.45, 7) is 2.26. The molecular formula is C12H17F3N4O2S. The molecule has 0 saturated carbocycles. The molecule has 1 aliphatic rings. The zero-order chi connectivity index (χ0) is 16.4. The number of rotatable bonds is 4. The van der Waals surface area contributed by atoms with Crippen LogP contribution >= 0.6 is 0 Å². The molecule has 0 spiro atoms. The minimum Gasteiger partial charge on any atom is -0.351 e. The molecule has 1 aromatic rings. The van der Waals surface area contributed by atoms with Crippen molar-refractivity contribution in [2.24, 2.45) is 0 Å². The van der Waals surface area contributed by atoms with Gasteiger partial charge in [-0.2, -0.15) is 13.2 Å². The third kappa shape index (κ3) is 4.07. The van der Waals surface area contributed by atoms with Crippen LogP contribution < -0.4 is 5.32 Å². The fraction of sp³-hybridized carbons (Fsp3) is 0.667. The Balaban J connectivity index is 1.97. The van der Waals surface area contributed by atoms with Crippen LogP contribution in [0.25, 0.3) is 0 Å². The predicted octanol–water partition coefficient (Wildman–Crippen LogP) is 1.72. The smallest absolute Gasteiger partial charge is 0.351 e. The molecule has 1 aliphatic heterocycles. The minimum atomic E-state index is -4.52. The topological polar surface area (TPSA) is 75.2 Å². The summed E-state index contributed by atoms with van der Waals surface area (Å²) in [7, 11) is -3.22. The van der Waals surface area contributed by atoms with E-state index in [0.717, 1.165) is 12.3 Å². The molecule has 0 unspecified atom stereocenters. The number of nitrogens with zero attached hydrogens (tertiary/aromatic N) is 3. The average molecular weight is 338 g/mol. The van der Waals surface area contributed by atoms with Crippen molar-refractivity contribution in [1.82, 2.24) is 14.3 Å². The van der Waals surface area contributed by atoms with Crippen LogP contribution in [-0.4, -0.2) is 47.6 Å². The van der Waals surface area contributed by atoms with Crippen molar-refractivity contribution in [2.45, 2.75) is 32.0 Å². The van der Waals surface area contributed by atoms with Gasteiger partial charge in [0.25, 0.3) is 0 Å². The highest BCUT2D eigenvalue weighted by Gasteiger charge is 2.33. The maximum Gasteiger partial charge on any atom is 0.433 e. The lowest BCUT2D eigenvalue weighted by Crippen LogP contribution is -2.43. The summed E-state index contributed by atoms with van der Waals surface area (Å²) < 4.78 is 62.6. The van der Waals surface area contributed by atoms with E-state index in [1.807, 2.05) is 0 Å². The van der Waals surface area contributed by atoms with Gasteiger partial charge in [0.05, 0.1) is 5.75 Å². The van der Waals surface area contributed by atoms with Crippen LogP contribution in [0.3, 0.4) is 0 Å². The SMILES string of the molecule is CCS(=O)(=O)N1CCC(Nc2nccc(C(F)(F)F)n2)CC1.